The van der Waals surface area contributed by atoms with Gasteiger partial charge in [0.25, 0.3) is 0 Å². The van der Waals surface area contributed by atoms with Gasteiger partial charge in [-0.2, -0.15) is 0 Å². The molecule has 1 saturated heterocycles. The molecule has 1 amide bonds. The average molecular weight is 264 g/mol. The summed E-state index contributed by atoms with van der Waals surface area (Å²) in [6.07, 6.45) is 2.99. The van der Waals surface area contributed by atoms with Gasteiger partial charge in [-0.25, -0.2) is 9.78 Å². The summed E-state index contributed by atoms with van der Waals surface area (Å²) in [5, 5.41) is 0. The van der Waals surface area contributed by atoms with Crippen LogP contribution in [0.15, 0.2) is 23.3 Å². The normalized spacial score (nSPS) is 23.1. The van der Waals surface area contributed by atoms with Crippen LogP contribution in [0.4, 0.5) is 0 Å². The van der Waals surface area contributed by atoms with E-state index in [4.69, 9.17) is 5.73 Å². The molecule has 0 saturated carbocycles. The Morgan fingerprint density at radius 1 is 1.53 bits per heavy atom. The first-order valence-corrected chi connectivity index (χ1v) is 6.54. The van der Waals surface area contributed by atoms with E-state index in [9.17, 15) is 9.59 Å². The number of amides is 1. The molecule has 0 spiro atoms. The second kappa shape index (κ2) is 5.52. The fraction of sp³-hybridized carbons (Fsp3) is 0.615. The van der Waals surface area contributed by atoms with E-state index in [0.29, 0.717) is 24.9 Å². The smallest absolute Gasteiger partial charge is 0.339 e. The minimum absolute atomic E-state index is 0.0228. The van der Waals surface area contributed by atoms with Crippen molar-refractivity contribution in [3.8, 4) is 0 Å². The van der Waals surface area contributed by atoms with Crippen LogP contribution in [-0.4, -0.2) is 39.5 Å². The van der Waals surface area contributed by atoms with Crippen LogP contribution in [0.5, 0.6) is 0 Å². The minimum atomic E-state index is -0.403. The van der Waals surface area contributed by atoms with Gasteiger partial charge in [0.05, 0.1) is 0 Å². The quantitative estimate of drug-likeness (QED) is 0.811. The highest BCUT2D eigenvalue weighted by atomic mass is 16.2. The van der Waals surface area contributed by atoms with Gasteiger partial charge >= 0.3 is 5.69 Å². The molecule has 6 nitrogen and oxygen atoms in total. The molecule has 2 atom stereocenters. The molecule has 19 heavy (non-hydrogen) atoms. The summed E-state index contributed by atoms with van der Waals surface area (Å²) in [7, 11) is 0. The Morgan fingerprint density at radius 2 is 2.26 bits per heavy atom. The van der Waals surface area contributed by atoms with E-state index in [2.05, 4.69) is 18.8 Å². The Morgan fingerprint density at radius 3 is 2.84 bits per heavy atom. The Hall–Kier alpha value is -1.69. The topological polar surface area (TPSA) is 81.2 Å². The molecule has 104 valence electrons. The van der Waals surface area contributed by atoms with Gasteiger partial charge in [-0.3, -0.25) is 9.36 Å². The van der Waals surface area contributed by atoms with Crippen molar-refractivity contribution < 1.29 is 4.79 Å². The molecule has 6 heteroatoms. The predicted molar refractivity (Wildman–Crippen MR) is 71.4 cm³/mol. The van der Waals surface area contributed by atoms with Crippen LogP contribution in [-0.2, 0) is 11.3 Å². The van der Waals surface area contributed by atoms with Crippen LogP contribution >= 0.6 is 0 Å². The van der Waals surface area contributed by atoms with Crippen molar-refractivity contribution in [2.45, 2.75) is 26.4 Å². The molecule has 0 radical (unpaired) electrons. The number of aromatic nitrogens is 2. The third-order valence-corrected chi connectivity index (χ3v) is 3.71. The largest absolute Gasteiger partial charge is 0.347 e. The molecule has 1 aromatic rings. The second-order valence-corrected chi connectivity index (χ2v) is 5.40. The summed E-state index contributed by atoms with van der Waals surface area (Å²) in [5.41, 5.74) is 5.65. The maximum atomic E-state index is 12.2. The van der Waals surface area contributed by atoms with Gasteiger partial charge in [0.1, 0.15) is 6.54 Å². The summed E-state index contributed by atoms with van der Waals surface area (Å²) in [6, 6.07) is 1.66. The zero-order chi connectivity index (χ0) is 14.0. The lowest BCUT2D eigenvalue weighted by Gasteiger charge is -2.18. The van der Waals surface area contributed by atoms with Crippen molar-refractivity contribution in [2.75, 3.05) is 13.1 Å². The second-order valence-electron chi connectivity index (χ2n) is 5.40. The van der Waals surface area contributed by atoms with E-state index in [-0.39, 0.29) is 18.5 Å². The highest BCUT2D eigenvalue weighted by Crippen LogP contribution is 2.23. The first kappa shape index (κ1) is 13.7. The monoisotopic (exact) mass is 264 g/mol. The molecular weight excluding hydrogens is 244 g/mol. The van der Waals surface area contributed by atoms with Gasteiger partial charge in [-0.1, -0.05) is 13.8 Å². The highest BCUT2D eigenvalue weighted by molar-refractivity contribution is 5.76. The highest BCUT2D eigenvalue weighted by Gasteiger charge is 2.34. The van der Waals surface area contributed by atoms with E-state index in [0.717, 1.165) is 0 Å². The molecule has 1 fully saturated rings. The Bertz CT molecular complexity index is 511. The first-order valence-electron chi connectivity index (χ1n) is 6.54. The molecule has 1 aliphatic heterocycles. The summed E-state index contributed by atoms with van der Waals surface area (Å²) in [6.45, 7) is 5.50. The van der Waals surface area contributed by atoms with Crippen molar-refractivity contribution >= 4 is 5.91 Å². The van der Waals surface area contributed by atoms with E-state index < -0.39 is 5.69 Å². The fourth-order valence-corrected chi connectivity index (χ4v) is 2.52. The zero-order valence-corrected chi connectivity index (χ0v) is 11.3. The molecule has 2 N–H and O–H groups in total. The number of carbonyl (C=O) groups excluding carboxylic acids is 1. The number of hydrogen-bond acceptors (Lipinski definition) is 4. The molecule has 0 aromatic carbocycles. The number of carbonyl (C=O) groups is 1. The van der Waals surface area contributed by atoms with Crippen LogP contribution in [0.1, 0.15) is 13.8 Å². The maximum Gasteiger partial charge on any atom is 0.347 e. The predicted octanol–water partition coefficient (Wildman–Crippen LogP) is -0.315. The Kier molecular flexibility index (Phi) is 3.99. The fourth-order valence-electron chi connectivity index (χ4n) is 2.52. The minimum Gasteiger partial charge on any atom is -0.339 e. The SMILES string of the molecule is CC(C)[C@@H]1CN(C(=O)Cn2cccnc2=O)C[C@H]1N. The van der Waals surface area contributed by atoms with Crippen LogP contribution in [0.25, 0.3) is 0 Å². The summed E-state index contributed by atoms with van der Waals surface area (Å²) in [4.78, 5) is 29.0. The molecule has 0 bridgehead atoms. The van der Waals surface area contributed by atoms with Crippen molar-refractivity contribution in [3.05, 3.63) is 28.9 Å². The van der Waals surface area contributed by atoms with Crippen molar-refractivity contribution in [2.24, 2.45) is 17.6 Å². The van der Waals surface area contributed by atoms with Gasteiger partial charge in [0, 0.05) is 31.5 Å². The van der Waals surface area contributed by atoms with Crippen molar-refractivity contribution in [3.63, 3.8) is 0 Å². The molecular formula is C13H20N4O2. The van der Waals surface area contributed by atoms with Crippen molar-refractivity contribution in [1.82, 2.24) is 14.5 Å². The van der Waals surface area contributed by atoms with E-state index >= 15 is 0 Å². The first-order chi connectivity index (χ1) is 8.99. The van der Waals surface area contributed by atoms with Gasteiger partial charge in [0.15, 0.2) is 0 Å². The van der Waals surface area contributed by atoms with Crippen LogP contribution in [0, 0.1) is 11.8 Å². The van der Waals surface area contributed by atoms with Crippen LogP contribution < -0.4 is 11.4 Å². The molecule has 1 aliphatic rings. The van der Waals surface area contributed by atoms with Crippen LogP contribution in [0.3, 0.4) is 0 Å². The lowest BCUT2D eigenvalue weighted by molar-refractivity contribution is -0.131. The average Bonchev–Trinajstić information content (AvgIpc) is 2.74. The molecule has 0 unspecified atom stereocenters. The van der Waals surface area contributed by atoms with E-state index in [1.807, 2.05) is 0 Å². The van der Waals surface area contributed by atoms with E-state index in [1.165, 1.54) is 10.8 Å². The molecule has 2 heterocycles. The van der Waals surface area contributed by atoms with Crippen LogP contribution in [0.2, 0.25) is 0 Å². The van der Waals surface area contributed by atoms with Gasteiger partial charge in [-0.15, -0.1) is 0 Å². The maximum absolute atomic E-state index is 12.2. The lowest BCUT2D eigenvalue weighted by Crippen LogP contribution is -2.36. The summed E-state index contributed by atoms with van der Waals surface area (Å²) in [5.74, 6) is 0.706. The Labute approximate surface area is 112 Å². The van der Waals surface area contributed by atoms with Crippen molar-refractivity contribution in [1.29, 1.82) is 0 Å². The number of rotatable bonds is 3. The van der Waals surface area contributed by atoms with E-state index in [1.54, 1.807) is 17.2 Å². The third-order valence-electron chi connectivity index (χ3n) is 3.71. The number of hydrogen-bond donors (Lipinski definition) is 1. The number of likely N-dealkylation sites (tertiary alicyclic amines) is 1. The van der Waals surface area contributed by atoms with Gasteiger partial charge in [0.2, 0.25) is 5.91 Å². The lowest BCUT2D eigenvalue weighted by atomic mass is 9.92. The van der Waals surface area contributed by atoms with Gasteiger partial charge < -0.3 is 10.6 Å². The number of nitrogens with zero attached hydrogens (tertiary/aromatic N) is 3. The third kappa shape index (κ3) is 3.01. The zero-order valence-electron chi connectivity index (χ0n) is 11.3. The molecule has 1 aromatic heterocycles. The summed E-state index contributed by atoms with van der Waals surface area (Å²) < 4.78 is 1.32. The summed E-state index contributed by atoms with van der Waals surface area (Å²) >= 11 is 0. The molecule has 2 rings (SSSR count). The Balaban J connectivity index is 2.03. The molecule has 0 aliphatic carbocycles. The standard InChI is InChI=1S/C13H20N4O2/c1-9(2)10-6-17(7-11(10)14)12(18)8-16-5-3-4-15-13(16)19/h3-5,9-11H,6-8,14H2,1-2H3/t10-,11+/m0/s1. The number of nitrogens with two attached hydrogens (primary N) is 1. The van der Waals surface area contributed by atoms with Gasteiger partial charge in [-0.05, 0) is 17.9 Å².